The van der Waals surface area contributed by atoms with Crippen molar-refractivity contribution in [2.45, 2.75) is 123 Å². The van der Waals surface area contributed by atoms with Crippen LogP contribution in [0, 0.1) is 23.7 Å². The minimum Gasteiger partial charge on any atom is -0.508 e. The number of aromatic hydroxyl groups is 1. The molecule has 0 spiro atoms. The number of phenolic OH excluding ortho intramolecular Hbond substituents is 1. The zero-order chi connectivity index (χ0) is 39.1. The number of primary amides is 1. The van der Waals surface area contributed by atoms with Crippen molar-refractivity contribution >= 4 is 40.8 Å². The molecule has 1 saturated heterocycles. The number of benzene rings is 1. The number of ether oxygens (including phenoxy) is 1. The van der Waals surface area contributed by atoms with Gasteiger partial charge in [0.05, 0.1) is 23.0 Å². The molecule has 0 radical (unpaired) electrons. The standard InChI is InChI=1S/C40H61N5O7S/c1-7-11-32(44-40(51)34-13-9-10-20-45(34)6)37(48)31(23-52-36(47)12-8-2)30(25(3)4)18-19-35-43-33(24-53-35)39(50)42-28(21-26(5)38(41)49)22-27-14-16-29(46)17-15-27/h14-17,24-26,28,30-32,34,46H,7-13,18-23H2,1-6H3,(H2,41,49)(H,42,50)(H,44,51)/t26-,28+,30+,31?,32-,34+/m0/s1. The highest BCUT2D eigenvalue weighted by atomic mass is 32.1. The number of esters is 1. The number of rotatable bonds is 22. The number of nitrogens with one attached hydrogen (secondary N) is 2. The zero-order valence-corrected chi connectivity index (χ0v) is 33.2. The summed E-state index contributed by atoms with van der Waals surface area (Å²) in [6, 6.07) is 5.32. The quantitative estimate of drug-likeness (QED) is 0.117. The molecule has 1 aliphatic heterocycles. The van der Waals surface area contributed by atoms with Gasteiger partial charge in [-0.25, -0.2) is 4.98 Å². The van der Waals surface area contributed by atoms with Gasteiger partial charge in [0.15, 0.2) is 5.78 Å². The summed E-state index contributed by atoms with van der Waals surface area (Å²) in [6.07, 6.45) is 6.68. The lowest BCUT2D eigenvalue weighted by Gasteiger charge is -2.34. The number of nitrogens with two attached hydrogens (primary N) is 1. The fraction of sp³-hybridized carbons (Fsp3) is 0.650. The fourth-order valence-electron chi connectivity index (χ4n) is 7.11. The summed E-state index contributed by atoms with van der Waals surface area (Å²) < 4.78 is 5.69. The van der Waals surface area contributed by atoms with E-state index in [9.17, 15) is 29.1 Å². The van der Waals surface area contributed by atoms with Crippen molar-refractivity contribution in [2.75, 3.05) is 20.2 Å². The Morgan fingerprint density at radius 1 is 1.04 bits per heavy atom. The fourth-order valence-corrected chi connectivity index (χ4v) is 7.91. The molecular weight excluding hydrogens is 695 g/mol. The molecule has 0 aliphatic carbocycles. The van der Waals surface area contributed by atoms with Crippen LogP contribution >= 0.6 is 11.3 Å². The van der Waals surface area contributed by atoms with Gasteiger partial charge >= 0.3 is 5.97 Å². The molecular formula is C40H61N5O7S. The maximum absolute atomic E-state index is 14.4. The van der Waals surface area contributed by atoms with Crippen molar-refractivity contribution < 1.29 is 33.8 Å². The molecule has 2 heterocycles. The number of carbonyl (C=O) groups is 5. The lowest BCUT2D eigenvalue weighted by Crippen LogP contribution is -2.54. The summed E-state index contributed by atoms with van der Waals surface area (Å²) in [6.45, 7) is 10.5. The highest BCUT2D eigenvalue weighted by molar-refractivity contribution is 7.09. The molecule has 2 aromatic rings. The number of hydrogen-bond donors (Lipinski definition) is 4. The lowest BCUT2D eigenvalue weighted by atomic mass is 9.76. The molecule has 1 aliphatic rings. The zero-order valence-electron chi connectivity index (χ0n) is 32.4. The van der Waals surface area contributed by atoms with Gasteiger partial charge in [-0.2, -0.15) is 0 Å². The van der Waals surface area contributed by atoms with E-state index in [0.29, 0.717) is 44.9 Å². The van der Waals surface area contributed by atoms with Crippen molar-refractivity contribution in [1.29, 1.82) is 0 Å². The van der Waals surface area contributed by atoms with Gasteiger partial charge in [-0.1, -0.05) is 59.6 Å². The average Bonchev–Trinajstić information content (AvgIpc) is 3.59. The van der Waals surface area contributed by atoms with E-state index in [4.69, 9.17) is 10.5 Å². The van der Waals surface area contributed by atoms with E-state index in [1.165, 1.54) is 11.3 Å². The van der Waals surface area contributed by atoms with Crippen LogP contribution in [0.1, 0.15) is 113 Å². The third-order valence-electron chi connectivity index (χ3n) is 10.3. The second-order valence-corrected chi connectivity index (χ2v) is 15.9. The van der Waals surface area contributed by atoms with Gasteiger partial charge in [-0.05, 0) is 94.5 Å². The number of likely N-dealkylation sites (tertiary alicyclic amines) is 1. The summed E-state index contributed by atoms with van der Waals surface area (Å²) in [4.78, 5) is 72.3. The first-order valence-corrected chi connectivity index (χ1v) is 20.1. The average molecular weight is 756 g/mol. The first-order chi connectivity index (χ1) is 25.2. The lowest BCUT2D eigenvalue weighted by molar-refractivity contribution is -0.148. The Balaban J connectivity index is 1.77. The molecule has 0 saturated carbocycles. The molecule has 13 heteroatoms. The third-order valence-corrected chi connectivity index (χ3v) is 11.2. The van der Waals surface area contributed by atoms with E-state index in [2.05, 4.69) is 15.6 Å². The molecule has 1 unspecified atom stereocenters. The molecule has 6 atom stereocenters. The van der Waals surface area contributed by atoms with E-state index in [1.54, 1.807) is 36.6 Å². The minimum absolute atomic E-state index is 0.0481. The molecule has 3 rings (SSSR count). The SMILES string of the molecule is CCCC(=O)OCC(C(=O)[C@H](CCC)NC(=O)[C@H]1CCCCN1C)[C@H](CCc1nc(C(=O)N[C@@H](Cc2ccc(O)cc2)C[C@H](C)C(N)=O)cs1)C(C)C. The van der Waals surface area contributed by atoms with E-state index >= 15 is 0 Å². The van der Waals surface area contributed by atoms with E-state index in [1.807, 2.05) is 39.6 Å². The summed E-state index contributed by atoms with van der Waals surface area (Å²) in [5.74, 6) is -2.53. The summed E-state index contributed by atoms with van der Waals surface area (Å²) in [5.41, 5.74) is 6.68. The number of piperidine rings is 1. The molecule has 0 bridgehead atoms. The molecule has 53 heavy (non-hydrogen) atoms. The van der Waals surface area contributed by atoms with Crippen molar-refractivity contribution in [3.8, 4) is 5.75 Å². The van der Waals surface area contributed by atoms with Crippen LogP contribution in [-0.2, 0) is 36.8 Å². The number of likely N-dealkylation sites (N-methyl/N-ethyl adjacent to an activating group) is 1. The highest BCUT2D eigenvalue weighted by Crippen LogP contribution is 2.30. The van der Waals surface area contributed by atoms with Crippen molar-refractivity contribution in [3.63, 3.8) is 0 Å². The van der Waals surface area contributed by atoms with Gasteiger partial charge in [-0.15, -0.1) is 11.3 Å². The Kier molecular flexibility index (Phi) is 17.9. The van der Waals surface area contributed by atoms with Crippen molar-refractivity contribution in [2.24, 2.45) is 29.4 Å². The Labute approximate surface area is 319 Å². The first kappa shape index (κ1) is 43.6. The summed E-state index contributed by atoms with van der Waals surface area (Å²) in [5, 5.41) is 18.2. The number of hydrogen-bond acceptors (Lipinski definition) is 10. The second kappa shape index (κ2) is 21.8. The van der Waals surface area contributed by atoms with Crippen molar-refractivity contribution in [3.05, 3.63) is 45.9 Å². The van der Waals surface area contributed by atoms with E-state index < -0.39 is 29.8 Å². The van der Waals surface area contributed by atoms with Crippen molar-refractivity contribution in [1.82, 2.24) is 20.5 Å². The minimum atomic E-state index is -0.694. The molecule has 1 fully saturated rings. The number of aromatic nitrogens is 1. The van der Waals surface area contributed by atoms with E-state index in [0.717, 1.165) is 36.4 Å². The predicted molar refractivity (Wildman–Crippen MR) is 206 cm³/mol. The summed E-state index contributed by atoms with van der Waals surface area (Å²) in [7, 11) is 1.94. The van der Waals surface area contributed by atoms with Crippen LogP contribution in [0.2, 0.25) is 0 Å². The van der Waals surface area contributed by atoms with Crippen LogP contribution in [0.4, 0.5) is 0 Å². The van der Waals surface area contributed by atoms with Crippen LogP contribution < -0.4 is 16.4 Å². The normalized spacial score (nSPS) is 17.7. The number of phenols is 1. The Bertz CT molecular complexity index is 1500. The van der Waals surface area contributed by atoms with Crippen LogP contribution in [0.25, 0.3) is 0 Å². The molecule has 1 aromatic carbocycles. The number of aryl methyl sites for hydroxylation is 1. The molecule has 294 valence electrons. The Morgan fingerprint density at radius 3 is 2.38 bits per heavy atom. The molecule has 1 aromatic heterocycles. The van der Waals surface area contributed by atoms with Gasteiger partial charge in [0.2, 0.25) is 11.8 Å². The predicted octanol–water partition coefficient (Wildman–Crippen LogP) is 5.20. The number of ketones is 1. The molecule has 5 N–H and O–H groups in total. The second-order valence-electron chi connectivity index (χ2n) is 14.9. The van der Waals surface area contributed by atoms with E-state index in [-0.39, 0.29) is 65.9 Å². The number of amides is 3. The number of nitrogens with zero attached hydrogens (tertiary/aromatic N) is 2. The van der Waals surface area contributed by atoms with Crippen LogP contribution in [-0.4, -0.2) is 82.8 Å². The smallest absolute Gasteiger partial charge is 0.305 e. The Hall–Kier alpha value is -3.84. The molecule has 3 amide bonds. The highest BCUT2D eigenvalue weighted by Gasteiger charge is 2.37. The maximum Gasteiger partial charge on any atom is 0.305 e. The van der Waals surface area contributed by atoms with Gasteiger partial charge in [0, 0.05) is 23.8 Å². The topological polar surface area (TPSA) is 181 Å². The van der Waals surface area contributed by atoms with Gasteiger partial charge in [0.25, 0.3) is 5.91 Å². The van der Waals surface area contributed by atoms with Crippen LogP contribution in [0.3, 0.4) is 0 Å². The maximum atomic E-state index is 14.4. The Morgan fingerprint density at radius 2 is 1.75 bits per heavy atom. The van der Waals surface area contributed by atoms with Crippen LogP contribution in [0.5, 0.6) is 5.75 Å². The van der Waals surface area contributed by atoms with Crippen LogP contribution in [0.15, 0.2) is 29.6 Å². The largest absolute Gasteiger partial charge is 0.508 e. The molecule has 12 nitrogen and oxygen atoms in total. The third kappa shape index (κ3) is 13.8. The van der Waals surface area contributed by atoms with Gasteiger partial charge in [0.1, 0.15) is 18.1 Å². The number of carbonyl (C=O) groups excluding carboxylic acids is 5. The monoisotopic (exact) mass is 755 g/mol. The number of Topliss-reactive ketones (excluding diaryl/α,β-unsaturated/α-hetero) is 1. The van der Waals surface area contributed by atoms with Gasteiger partial charge < -0.3 is 26.2 Å². The summed E-state index contributed by atoms with van der Waals surface area (Å²) >= 11 is 1.36. The number of thiazole rings is 1. The first-order valence-electron chi connectivity index (χ1n) is 19.3. The van der Waals surface area contributed by atoms with Gasteiger partial charge in [-0.3, -0.25) is 28.9 Å².